The van der Waals surface area contributed by atoms with Crippen LogP contribution in [-0.4, -0.2) is 14.5 Å². The highest BCUT2D eigenvalue weighted by Crippen LogP contribution is 2.38. The van der Waals surface area contributed by atoms with Crippen molar-refractivity contribution in [1.29, 1.82) is 0 Å². The van der Waals surface area contributed by atoms with Crippen LogP contribution in [0.1, 0.15) is 0 Å². The highest BCUT2D eigenvalue weighted by atomic mass is 15.1. The predicted octanol–water partition coefficient (Wildman–Crippen LogP) is 9.86. The lowest BCUT2D eigenvalue weighted by Crippen LogP contribution is -2.09. The zero-order valence-corrected chi connectivity index (χ0v) is 22.8. The lowest BCUT2D eigenvalue weighted by atomic mass is 10.1. The molecular formula is C38H26N4. The van der Waals surface area contributed by atoms with Crippen LogP contribution in [0.3, 0.4) is 0 Å². The van der Waals surface area contributed by atoms with Crippen LogP contribution in [0.25, 0.3) is 49.8 Å². The zero-order chi connectivity index (χ0) is 27.9. The number of hydrogen-bond donors (Lipinski definition) is 0. The second kappa shape index (κ2) is 10.0. The number of anilines is 3. The Hall–Kier alpha value is -5.74. The molecule has 0 aliphatic heterocycles. The third-order valence-electron chi connectivity index (χ3n) is 7.81. The smallest absolute Gasteiger partial charge is 0.164 e. The summed E-state index contributed by atoms with van der Waals surface area (Å²) < 4.78 is 2.19. The van der Waals surface area contributed by atoms with Crippen molar-refractivity contribution in [1.82, 2.24) is 14.5 Å². The van der Waals surface area contributed by atoms with E-state index in [4.69, 9.17) is 9.97 Å². The van der Waals surface area contributed by atoms with Crippen LogP contribution in [0.4, 0.5) is 17.1 Å². The van der Waals surface area contributed by atoms with E-state index in [2.05, 4.69) is 149 Å². The molecule has 0 bridgehead atoms. The summed E-state index contributed by atoms with van der Waals surface area (Å²) in [5.74, 6) is 0.864. The van der Waals surface area contributed by atoms with Gasteiger partial charge >= 0.3 is 0 Å². The average Bonchev–Trinajstić information content (AvgIpc) is 3.45. The first-order valence-corrected chi connectivity index (χ1v) is 14.1. The van der Waals surface area contributed by atoms with Crippen LogP contribution < -0.4 is 4.90 Å². The molecule has 6 aromatic carbocycles. The van der Waals surface area contributed by atoms with E-state index in [1.807, 2.05) is 18.3 Å². The highest BCUT2D eigenvalue weighted by molar-refractivity contribution is 5.94. The number of imidazole rings is 1. The lowest BCUT2D eigenvalue weighted by molar-refractivity contribution is 1.09. The summed E-state index contributed by atoms with van der Waals surface area (Å²) in [4.78, 5) is 12.1. The number of benzene rings is 6. The Morgan fingerprint density at radius 3 is 2.05 bits per heavy atom. The highest BCUT2D eigenvalue weighted by Gasteiger charge is 2.18. The van der Waals surface area contributed by atoms with E-state index in [1.165, 1.54) is 16.2 Å². The van der Waals surface area contributed by atoms with Crippen LogP contribution in [0.2, 0.25) is 0 Å². The third kappa shape index (κ3) is 4.09. The molecule has 4 nitrogen and oxygen atoms in total. The minimum atomic E-state index is 0.843. The maximum Gasteiger partial charge on any atom is 0.164 e. The fourth-order valence-corrected chi connectivity index (χ4v) is 5.84. The van der Waals surface area contributed by atoms with Crippen molar-refractivity contribution in [3.63, 3.8) is 0 Å². The Kier molecular flexibility index (Phi) is 5.75. The summed E-state index contributed by atoms with van der Waals surface area (Å²) >= 11 is 0. The SMILES string of the molecule is c1ccc(N(c2ccc(-c3nc4cccnc4n3-c3cccc4ccccc34)cc2)c2ccc3ccccc3c2)cc1. The fourth-order valence-electron chi connectivity index (χ4n) is 5.84. The molecule has 2 heterocycles. The summed E-state index contributed by atoms with van der Waals surface area (Å²) in [5, 5.41) is 4.78. The van der Waals surface area contributed by atoms with E-state index in [9.17, 15) is 0 Å². The lowest BCUT2D eigenvalue weighted by Gasteiger charge is -2.26. The monoisotopic (exact) mass is 538 g/mol. The van der Waals surface area contributed by atoms with Crippen LogP contribution in [0.15, 0.2) is 158 Å². The van der Waals surface area contributed by atoms with E-state index in [0.717, 1.165) is 50.7 Å². The van der Waals surface area contributed by atoms with Gasteiger partial charge < -0.3 is 4.90 Å². The fraction of sp³-hybridized carbons (Fsp3) is 0. The standard InChI is InChI=1S/C38H26N4/c1-2-14-31(15-3-1)41(33-24-19-27-10-4-5-12-30(27)26-33)32-22-20-29(21-23-32)37-40-35-17-9-25-39-38(35)42(37)36-18-8-13-28-11-6-7-16-34(28)36/h1-26H. The maximum absolute atomic E-state index is 5.08. The van der Waals surface area contributed by atoms with Crippen molar-refractivity contribution in [3.8, 4) is 17.1 Å². The average molecular weight is 539 g/mol. The molecule has 4 heteroatoms. The van der Waals surface area contributed by atoms with Gasteiger partial charge in [-0.05, 0) is 82.9 Å². The molecule has 0 saturated heterocycles. The van der Waals surface area contributed by atoms with Crippen molar-refractivity contribution >= 4 is 49.8 Å². The molecule has 42 heavy (non-hydrogen) atoms. The van der Waals surface area contributed by atoms with E-state index in [1.54, 1.807) is 0 Å². The van der Waals surface area contributed by atoms with Gasteiger partial charge in [0.25, 0.3) is 0 Å². The van der Waals surface area contributed by atoms with Crippen molar-refractivity contribution in [2.45, 2.75) is 0 Å². The van der Waals surface area contributed by atoms with Crippen molar-refractivity contribution in [2.75, 3.05) is 4.90 Å². The first-order valence-electron chi connectivity index (χ1n) is 14.1. The van der Waals surface area contributed by atoms with Crippen LogP contribution in [0.5, 0.6) is 0 Å². The van der Waals surface area contributed by atoms with Gasteiger partial charge in [0, 0.05) is 34.2 Å². The Bertz CT molecular complexity index is 2190. The molecule has 0 aliphatic carbocycles. The van der Waals surface area contributed by atoms with Crippen LogP contribution in [-0.2, 0) is 0 Å². The van der Waals surface area contributed by atoms with Gasteiger partial charge in [-0.3, -0.25) is 4.57 Å². The quantitative estimate of drug-likeness (QED) is 0.219. The predicted molar refractivity (Wildman–Crippen MR) is 174 cm³/mol. The number of hydrogen-bond acceptors (Lipinski definition) is 3. The molecular weight excluding hydrogens is 512 g/mol. The van der Waals surface area contributed by atoms with Gasteiger partial charge in [-0.1, -0.05) is 84.9 Å². The second-order valence-electron chi connectivity index (χ2n) is 10.4. The number of fused-ring (bicyclic) bond motifs is 3. The normalized spacial score (nSPS) is 11.3. The first kappa shape index (κ1) is 24.1. The number of para-hydroxylation sites is 1. The molecule has 0 radical (unpaired) electrons. The molecule has 198 valence electrons. The molecule has 0 spiro atoms. The van der Waals surface area contributed by atoms with Gasteiger partial charge in [0.2, 0.25) is 0 Å². The minimum absolute atomic E-state index is 0.843. The van der Waals surface area contributed by atoms with Gasteiger partial charge in [0.05, 0.1) is 5.69 Å². The molecule has 0 amide bonds. The molecule has 0 saturated carbocycles. The molecule has 0 unspecified atom stereocenters. The Morgan fingerprint density at radius 2 is 1.19 bits per heavy atom. The van der Waals surface area contributed by atoms with E-state index in [0.29, 0.717) is 0 Å². The summed E-state index contributed by atoms with van der Waals surface area (Å²) in [6.45, 7) is 0. The minimum Gasteiger partial charge on any atom is -0.310 e. The van der Waals surface area contributed by atoms with E-state index in [-0.39, 0.29) is 0 Å². The maximum atomic E-state index is 5.08. The Morgan fingerprint density at radius 1 is 0.500 bits per heavy atom. The number of rotatable bonds is 5. The Balaban J connectivity index is 1.28. The van der Waals surface area contributed by atoms with Gasteiger partial charge in [-0.2, -0.15) is 0 Å². The van der Waals surface area contributed by atoms with Gasteiger partial charge in [0.1, 0.15) is 11.3 Å². The van der Waals surface area contributed by atoms with Crippen molar-refractivity contribution in [2.24, 2.45) is 0 Å². The first-order chi connectivity index (χ1) is 20.8. The molecule has 0 N–H and O–H groups in total. The summed E-state index contributed by atoms with van der Waals surface area (Å²) in [7, 11) is 0. The van der Waals surface area contributed by atoms with Gasteiger partial charge in [0.15, 0.2) is 5.65 Å². The molecule has 8 aromatic rings. The largest absolute Gasteiger partial charge is 0.310 e. The second-order valence-corrected chi connectivity index (χ2v) is 10.4. The molecule has 2 aromatic heterocycles. The van der Waals surface area contributed by atoms with Crippen molar-refractivity contribution in [3.05, 3.63) is 158 Å². The van der Waals surface area contributed by atoms with Crippen LogP contribution >= 0.6 is 0 Å². The molecule has 0 atom stereocenters. The molecule has 0 fully saturated rings. The molecule has 8 rings (SSSR count). The third-order valence-corrected chi connectivity index (χ3v) is 7.81. The Labute approximate surface area is 243 Å². The van der Waals surface area contributed by atoms with Crippen LogP contribution in [0, 0.1) is 0 Å². The number of pyridine rings is 1. The van der Waals surface area contributed by atoms with E-state index < -0.39 is 0 Å². The summed E-state index contributed by atoms with van der Waals surface area (Å²) in [5.41, 5.74) is 7.09. The topological polar surface area (TPSA) is 34.0 Å². The van der Waals surface area contributed by atoms with Gasteiger partial charge in [-0.15, -0.1) is 0 Å². The summed E-state index contributed by atoms with van der Waals surface area (Å²) in [6, 6.07) is 53.1. The van der Waals surface area contributed by atoms with E-state index >= 15 is 0 Å². The zero-order valence-electron chi connectivity index (χ0n) is 22.8. The number of nitrogens with zero attached hydrogens (tertiary/aromatic N) is 4. The van der Waals surface area contributed by atoms with Gasteiger partial charge in [-0.25, -0.2) is 9.97 Å². The summed E-state index contributed by atoms with van der Waals surface area (Å²) in [6.07, 6.45) is 1.83. The van der Waals surface area contributed by atoms with Crippen molar-refractivity contribution < 1.29 is 0 Å². The number of aromatic nitrogens is 3. The molecule has 0 aliphatic rings.